The average Bonchev–Trinajstić information content (AvgIpc) is 3.39. The molecule has 7 aromatic carbocycles. The van der Waals surface area contributed by atoms with Gasteiger partial charge in [-0.25, -0.2) is 9.97 Å². The van der Waals surface area contributed by atoms with Gasteiger partial charge in [0, 0.05) is 80.4 Å². The number of nitrogens with zero attached hydrogens (tertiary/aromatic N) is 7. The van der Waals surface area contributed by atoms with Crippen LogP contribution in [0, 0.1) is 0 Å². The van der Waals surface area contributed by atoms with Crippen LogP contribution in [0.2, 0.25) is 0 Å². The predicted molar refractivity (Wildman–Crippen MR) is 278 cm³/mol. The molecule has 14 rings (SSSR count). The first kappa shape index (κ1) is 38.0. The van der Waals surface area contributed by atoms with Crippen LogP contribution in [0.3, 0.4) is 0 Å². The topological polar surface area (TPSA) is 51.6 Å². The number of anilines is 12. The Hall–Kier alpha value is -8.33. The maximum absolute atomic E-state index is 5.68. The van der Waals surface area contributed by atoms with Gasteiger partial charge in [0.2, 0.25) is 0 Å². The van der Waals surface area contributed by atoms with Crippen molar-refractivity contribution in [1.82, 2.24) is 15.0 Å². The molecule has 0 unspecified atom stereocenters. The average molecular weight is 874 g/mol. The van der Waals surface area contributed by atoms with Crippen LogP contribution in [0.5, 0.6) is 0 Å². The van der Waals surface area contributed by atoms with Crippen molar-refractivity contribution < 1.29 is 0 Å². The Morgan fingerprint density at radius 3 is 1.51 bits per heavy atom. The summed E-state index contributed by atoms with van der Waals surface area (Å²) in [5.41, 5.74) is 18.1. The zero-order valence-corrected chi connectivity index (χ0v) is 36.9. The molecule has 0 atom stereocenters. The first-order valence-electron chi connectivity index (χ1n) is 22.7. The molecule has 67 heavy (non-hydrogen) atoms. The summed E-state index contributed by atoms with van der Waals surface area (Å²) >= 11 is 1.70. The van der Waals surface area contributed by atoms with Crippen LogP contribution in [0.1, 0.15) is 0 Å². The van der Waals surface area contributed by atoms with Gasteiger partial charge in [0.05, 0.1) is 0 Å². The molecular weight excluding hydrogens is 836 g/mol. The van der Waals surface area contributed by atoms with Crippen molar-refractivity contribution in [3.63, 3.8) is 0 Å². The number of benzene rings is 7. The molecule has 10 heteroatoms. The van der Waals surface area contributed by atoms with E-state index in [-0.39, 0.29) is 13.4 Å². The van der Waals surface area contributed by atoms with E-state index in [1.54, 1.807) is 11.8 Å². The molecule has 0 aliphatic carbocycles. The number of fused-ring (bicyclic) bond motifs is 8. The fraction of sp³-hybridized carbons (Fsp3) is 0. The fourth-order valence-corrected chi connectivity index (χ4v) is 11.8. The highest BCUT2D eigenvalue weighted by molar-refractivity contribution is 7.99. The van der Waals surface area contributed by atoms with Gasteiger partial charge in [0.15, 0.2) is 0 Å². The Bertz CT molecular complexity index is 3550. The van der Waals surface area contributed by atoms with E-state index >= 15 is 0 Å². The van der Waals surface area contributed by atoms with Crippen molar-refractivity contribution in [2.24, 2.45) is 0 Å². The molecule has 7 heterocycles. The van der Waals surface area contributed by atoms with Crippen molar-refractivity contribution in [3.8, 4) is 0 Å². The Balaban J connectivity index is 1.09. The van der Waals surface area contributed by atoms with Gasteiger partial charge >= 0.3 is 0 Å². The Kier molecular flexibility index (Phi) is 8.57. The second kappa shape index (κ2) is 15.1. The number of hydrogen-bond donors (Lipinski definition) is 0. The summed E-state index contributed by atoms with van der Waals surface area (Å²) in [6.45, 7) is -0.293. The molecule has 3 aromatic heterocycles. The minimum absolute atomic E-state index is 0.137. The smallest absolute Gasteiger partial charge is 0.256 e. The number of pyridine rings is 3. The predicted octanol–water partition coefficient (Wildman–Crippen LogP) is 10.2. The quantitative estimate of drug-likeness (QED) is 0.153. The summed E-state index contributed by atoms with van der Waals surface area (Å²) in [5, 5.41) is 0.923. The van der Waals surface area contributed by atoms with Gasteiger partial charge < -0.3 is 9.80 Å². The third-order valence-corrected chi connectivity index (χ3v) is 14.5. The standard InChI is InChI=1S/C57H37B2N7S/c1-6-18-38(19-7-1)63-48-30-32-60-37-46(48)59-45-34-44-50(35-51(45)66(41-24-12-4-13-25-41)56-54(59)49(63)31-33-61-56)64(39-20-8-2-9-21-39)52-36-53(67-42-26-14-5-15-27-42)62-57-55(52)58(44)43-28-16-17-29-47(43)65(57)40-22-10-3-11-23-40/h1-37H. The minimum atomic E-state index is -0.156. The summed E-state index contributed by atoms with van der Waals surface area (Å²) in [4.78, 5) is 26.6. The van der Waals surface area contributed by atoms with Gasteiger partial charge in [0.25, 0.3) is 13.4 Å². The summed E-state index contributed by atoms with van der Waals surface area (Å²) in [5.74, 6) is 1.84. The summed E-state index contributed by atoms with van der Waals surface area (Å²) < 4.78 is 0. The van der Waals surface area contributed by atoms with Crippen molar-refractivity contribution in [3.05, 3.63) is 225 Å². The van der Waals surface area contributed by atoms with E-state index in [0.29, 0.717) is 0 Å². The van der Waals surface area contributed by atoms with Crippen LogP contribution in [-0.4, -0.2) is 28.4 Å². The van der Waals surface area contributed by atoms with Crippen LogP contribution < -0.4 is 52.4 Å². The molecule has 0 saturated heterocycles. The van der Waals surface area contributed by atoms with Crippen molar-refractivity contribution in [2.75, 3.05) is 19.6 Å². The summed E-state index contributed by atoms with van der Waals surface area (Å²) in [7, 11) is 0. The number of hydrogen-bond acceptors (Lipinski definition) is 8. The molecule has 312 valence electrons. The monoisotopic (exact) mass is 873 g/mol. The maximum Gasteiger partial charge on any atom is 0.256 e. The lowest BCUT2D eigenvalue weighted by atomic mass is 9.30. The van der Waals surface area contributed by atoms with Gasteiger partial charge in [-0.05, 0) is 124 Å². The number of rotatable bonds is 6. The molecular formula is C57H37B2N7S. The van der Waals surface area contributed by atoms with Crippen LogP contribution in [-0.2, 0) is 0 Å². The lowest BCUT2D eigenvalue weighted by molar-refractivity contribution is 1.08. The Labute approximate surface area is 393 Å². The SMILES string of the molecule is c1ccc(Sc2cc3c4c(n2)N(c2ccccc2)c2ccccc2B4c2cc4c(cc2N3c2ccccc2)N(c2ccccc2)c2nccc3c2B4c2cnccc2N3c2ccccc2)cc1. The number of para-hydroxylation sites is 5. The second-order valence-electron chi connectivity index (χ2n) is 17.2. The van der Waals surface area contributed by atoms with Gasteiger partial charge in [-0.3, -0.25) is 14.8 Å². The normalized spacial score (nSPS) is 13.6. The molecule has 0 fully saturated rings. The lowest BCUT2D eigenvalue weighted by Crippen LogP contribution is -2.65. The van der Waals surface area contributed by atoms with Gasteiger partial charge in [0.1, 0.15) is 16.7 Å². The lowest BCUT2D eigenvalue weighted by Gasteiger charge is -2.46. The van der Waals surface area contributed by atoms with Gasteiger partial charge in [-0.2, -0.15) is 0 Å². The minimum Gasteiger partial charge on any atom is -0.311 e. The van der Waals surface area contributed by atoms with Gasteiger partial charge in [-0.1, -0.05) is 127 Å². The molecule has 10 aromatic rings. The highest BCUT2D eigenvalue weighted by atomic mass is 32.2. The van der Waals surface area contributed by atoms with Crippen LogP contribution in [0.4, 0.5) is 68.5 Å². The first-order chi connectivity index (χ1) is 33.3. The summed E-state index contributed by atoms with van der Waals surface area (Å²) in [6.07, 6.45) is 5.96. The van der Waals surface area contributed by atoms with E-state index in [2.05, 4.69) is 232 Å². The van der Waals surface area contributed by atoms with Gasteiger partial charge in [-0.15, -0.1) is 0 Å². The van der Waals surface area contributed by atoms with Crippen LogP contribution in [0.15, 0.2) is 235 Å². The molecule has 4 aliphatic heterocycles. The van der Waals surface area contributed by atoms with E-state index in [9.17, 15) is 0 Å². The maximum atomic E-state index is 5.68. The van der Waals surface area contributed by atoms with Crippen molar-refractivity contribution >= 4 is 126 Å². The van der Waals surface area contributed by atoms with Crippen LogP contribution in [0.25, 0.3) is 0 Å². The Morgan fingerprint density at radius 1 is 0.358 bits per heavy atom. The zero-order chi connectivity index (χ0) is 44.0. The second-order valence-corrected chi connectivity index (χ2v) is 18.3. The van der Waals surface area contributed by atoms with E-state index in [1.165, 1.54) is 21.9 Å². The molecule has 0 saturated carbocycles. The third-order valence-electron chi connectivity index (χ3n) is 13.6. The molecule has 0 amide bonds. The Morgan fingerprint density at radius 2 is 0.851 bits per heavy atom. The highest BCUT2D eigenvalue weighted by Gasteiger charge is 2.49. The largest absolute Gasteiger partial charge is 0.311 e. The molecule has 0 spiro atoms. The zero-order valence-electron chi connectivity index (χ0n) is 36.1. The molecule has 4 aliphatic rings. The van der Waals surface area contributed by atoms with Crippen molar-refractivity contribution in [2.45, 2.75) is 9.92 Å². The third kappa shape index (κ3) is 5.79. The molecule has 0 N–H and O–H groups in total. The fourth-order valence-electron chi connectivity index (χ4n) is 11.0. The summed E-state index contributed by atoms with van der Waals surface area (Å²) in [6, 6.07) is 74.1. The molecule has 7 nitrogen and oxygen atoms in total. The van der Waals surface area contributed by atoms with E-state index < -0.39 is 0 Å². The van der Waals surface area contributed by atoms with E-state index in [1.807, 2.05) is 12.4 Å². The number of aromatic nitrogens is 3. The van der Waals surface area contributed by atoms with E-state index in [0.717, 1.165) is 89.4 Å². The molecule has 0 radical (unpaired) electrons. The van der Waals surface area contributed by atoms with Crippen molar-refractivity contribution in [1.29, 1.82) is 0 Å². The highest BCUT2D eigenvalue weighted by Crippen LogP contribution is 2.48. The molecule has 0 bridgehead atoms. The first-order valence-corrected chi connectivity index (χ1v) is 23.5. The van der Waals surface area contributed by atoms with E-state index in [4.69, 9.17) is 15.0 Å². The van der Waals surface area contributed by atoms with Crippen LogP contribution >= 0.6 is 11.8 Å².